The minimum atomic E-state index is -4.30. The van der Waals surface area contributed by atoms with Gasteiger partial charge in [0.2, 0.25) is 0 Å². The van der Waals surface area contributed by atoms with E-state index in [4.69, 9.17) is 14.8 Å². The number of rotatable bonds is 7. The molecule has 1 aromatic rings. The zero-order valence-electron chi connectivity index (χ0n) is 11.0. The van der Waals surface area contributed by atoms with Gasteiger partial charge in [-0.3, -0.25) is 4.55 Å². The molecule has 0 aromatic heterocycles. The van der Waals surface area contributed by atoms with Crippen LogP contribution in [0.3, 0.4) is 0 Å². The van der Waals surface area contributed by atoms with E-state index in [1.807, 2.05) is 0 Å². The second kappa shape index (κ2) is 6.42. The van der Waals surface area contributed by atoms with Gasteiger partial charge in [0.15, 0.2) is 9.84 Å². The molecule has 0 fully saturated rings. The second-order valence-corrected chi connectivity index (χ2v) is 7.96. The molecular weight excluding hydrogens is 340 g/mol. The highest BCUT2D eigenvalue weighted by molar-refractivity contribution is 7.91. The summed E-state index contributed by atoms with van der Waals surface area (Å²) in [7, 11) is -8.32. The van der Waals surface area contributed by atoms with Crippen LogP contribution in [0.5, 0.6) is 0 Å². The van der Waals surface area contributed by atoms with Crippen LogP contribution in [-0.4, -0.2) is 55.0 Å². The van der Waals surface area contributed by atoms with Gasteiger partial charge in [-0.05, 0) is 24.6 Å². The maximum Gasteiger partial charge on any atom is 0.336 e. The van der Waals surface area contributed by atoms with Crippen molar-refractivity contribution in [2.45, 2.75) is 11.3 Å². The molecular formula is C11H12O9S2. The average molecular weight is 352 g/mol. The molecule has 0 saturated carbocycles. The first-order valence-corrected chi connectivity index (χ1v) is 8.99. The van der Waals surface area contributed by atoms with Crippen LogP contribution in [0, 0.1) is 0 Å². The van der Waals surface area contributed by atoms with Crippen molar-refractivity contribution in [1.29, 1.82) is 0 Å². The lowest BCUT2D eigenvalue weighted by molar-refractivity contribution is 0.0651. The summed E-state index contributed by atoms with van der Waals surface area (Å²) in [6.45, 7) is 0. The quantitative estimate of drug-likeness (QED) is 0.579. The number of sulfone groups is 1. The lowest BCUT2D eigenvalue weighted by Crippen LogP contribution is -2.14. The Kier molecular flexibility index (Phi) is 5.27. The van der Waals surface area contributed by atoms with E-state index in [2.05, 4.69) is 0 Å². The van der Waals surface area contributed by atoms with Crippen LogP contribution in [0.25, 0.3) is 0 Å². The van der Waals surface area contributed by atoms with Crippen molar-refractivity contribution < 1.29 is 41.2 Å². The van der Waals surface area contributed by atoms with Gasteiger partial charge in [0.25, 0.3) is 10.1 Å². The molecule has 0 amide bonds. The Hall–Kier alpha value is -1.98. The van der Waals surface area contributed by atoms with Gasteiger partial charge in [-0.1, -0.05) is 0 Å². The van der Waals surface area contributed by atoms with E-state index < -0.39 is 59.4 Å². The highest BCUT2D eigenvalue weighted by atomic mass is 32.2. The summed E-state index contributed by atoms with van der Waals surface area (Å²) >= 11 is 0. The number of hydrogen-bond acceptors (Lipinski definition) is 6. The molecule has 0 aliphatic rings. The maximum atomic E-state index is 12.0. The van der Waals surface area contributed by atoms with Crippen LogP contribution in [0.2, 0.25) is 0 Å². The Morgan fingerprint density at radius 3 is 1.91 bits per heavy atom. The minimum absolute atomic E-state index is 0.385. The predicted molar refractivity (Wildman–Crippen MR) is 73.4 cm³/mol. The van der Waals surface area contributed by atoms with E-state index in [-0.39, 0.29) is 6.42 Å². The van der Waals surface area contributed by atoms with Crippen molar-refractivity contribution in [3.63, 3.8) is 0 Å². The Balaban J connectivity index is 3.13. The van der Waals surface area contributed by atoms with Crippen LogP contribution in [0.4, 0.5) is 0 Å². The summed E-state index contributed by atoms with van der Waals surface area (Å²) in [5.41, 5.74) is -1.26. The van der Waals surface area contributed by atoms with Crippen LogP contribution in [-0.2, 0) is 20.0 Å². The monoisotopic (exact) mass is 352 g/mol. The van der Waals surface area contributed by atoms with Gasteiger partial charge < -0.3 is 10.2 Å². The number of carboxylic acid groups (broad SMARTS) is 2. The predicted octanol–water partition coefficient (Wildman–Crippen LogP) is 0.135. The average Bonchev–Trinajstić information content (AvgIpc) is 2.35. The molecule has 11 heteroatoms. The van der Waals surface area contributed by atoms with Crippen molar-refractivity contribution >= 4 is 31.9 Å². The van der Waals surface area contributed by atoms with Crippen molar-refractivity contribution in [3.8, 4) is 0 Å². The molecule has 0 spiro atoms. The number of aromatic carboxylic acids is 2. The Morgan fingerprint density at radius 1 is 0.909 bits per heavy atom. The first kappa shape index (κ1) is 18.1. The Bertz CT molecular complexity index is 806. The van der Waals surface area contributed by atoms with Gasteiger partial charge >= 0.3 is 11.9 Å². The van der Waals surface area contributed by atoms with E-state index in [9.17, 15) is 26.4 Å². The van der Waals surface area contributed by atoms with Crippen LogP contribution >= 0.6 is 0 Å². The molecule has 0 unspecified atom stereocenters. The zero-order valence-corrected chi connectivity index (χ0v) is 12.6. The molecule has 22 heavy (non-hydrogen) atoms. The summed E-state index contributed by atoms with van der Waals surface area (Å²) in [5, 5.41) is 17.7. The summed E-state index contributed by atoms with van der Waals surface area (Å²) in [4.78, 5) is 21.4. The largest absolute Gasteiger partial charge is 0.478 e. The maximum absolute atomic E-state index is 12.0. The van der Waals surface area contributed by atoms with Crippen molar-refractivity contribution in [1.82, 2.24) is 0 Å². The third kappa shape index (κ3) is 4.79. The summed E-state index contributed by atoms with van der Waals surface area (Å²) in [6, 6.07) is 2.48. The highest BCUT2D eigenvalue weighted by Crippen LogP contribution is 2.18. The number of hydrogen-bond donors (Lipinski definition) is 3. The number of carboxylic acids is 2. The molecule has 1 rings (SSSR count). The molecule has 0 aliphatic carbocycles. The lowest BCUT2D eigenvalue weighted by Gasteiger charge is -2.07. The normalized spacial score (nSPS) is 12.0. The number of benzene rings is 1. The van der Waals surface area contributed by atoms with E-state index in [1.165, 1.54) is 0 Å². The van der Waals surface area contributed by atoms with Crippen LogP contribution < -0.4 is 0 Å². The van der Waals surface area contributed by atoms with E-state index in [0.29, 0.717) is 6.07 Å². The van der Waals surface area contributed by atoms with Crippen LogP contribution in [0.15, 0.2) is 23.1 Å². The second-order valence-electron chi connectivity index (χ2n) is 4.28. The standard InChI is InChI=1S/C11H12O9S2/c12-10(13)8-3-2-7(6-9(8)11(14)15)21(16,17)4-1-5-22(18,19)20/h2-3,6H,1,4-5H2,(H,12,13)(H,14,15)(H,18,19,20). The van der Waals surface area contributed by atoms with Gasteiger partial charge in [0.1, 0.15) is 0 Å². The molecule has 9 nitrogen and oxygen atoms in total. The number of carbonyl (C=O) groups is 2. The molecule has 0 radical (unpaired) electrons. The Labute approximate surface area is 125 Å². The Morgan fingerprint density at radius 2 is 1.45 bits per heavy atom. The summed E-state index contributed by atoms with van der Waals surface area (Å²) < 4.78 is 53.5. The molecule has 0 bridgehead atoms. The molecule has 0 saturated heterocycles. The molecule has 0 aliphatic heterocycles. The van der Waals surface area contributed by atoms with Gasteiger partial charge in [0.05, 0.1) is 27.5 Å². The highest BCUT2D eigenvalue weighted by Gasteiger charge is 2.22. The lowest BCUT2D eigenvalue weighted by atomic mass is 10.1. The van der Waals surface area contributed by atoms with E-state index in [0.717, 1.165) is 12.1 Å². The fourth-order valence-corrected chi connectivity index (χ4v) is 3.65. The zero-order chi connectivity index (χ0) is 17.1. The van der Waals surface area contributed by atoms with E-state index in [1.54, 1.807) is 0 Å². The fourth-order valence-electron chi connectivity index (χ4n) is 1.63. The van der Waals surface area contributed by atoms with Gasteiger partial charge in [0, 0.05) is 0 Å². The smallest absolute Gasteiger partial charge is 0.336 e. The van der Waals surface area contributed by atoms with Crippen LogP contribution in [0.1, 0.15) is 27.1 Å². The SMILES string of the molecule is O=C(O)c1ccc(S(=O)(=O)CCCS(=O)(=O)O)cc1C(=O)O. The molecule has 3 N–H and O–H groups in total. The van der Waals surface area contributed by atoms with E-state index >= 15 is 0 Å². The molecule has 0 heterocycles. The summed E-state index contributed by atoms with van der Waals surface area (Å²) in [6.07, 6.45) is -0.385. The first-order valence-electron chi connectivity index (χ1n) is 5.72. The van der Waals surface area contributed by atoms with Gasteiger partial charge in [-0.15, -0.1) is 0 Å². The molecule has 1 aromatic carbocycles. The fraction of sp³-hybridized carbons (Fsp3) is 0.273. The van der Waals surface area contributed by atoms with Crippen molar-refractivity contribution in [3.05, 3.63) is 29.3 Å². The first-order chi connectivity index (χ1) is 9.94. The van der Waals surface area contributed by atoms with Crippen molar-refractivity contribution in [2.24, 2.45) is 0 Å². The van der Waals surface area contributed by atoms with Crippen molar-refractivity contribution in [2.75, 3.05) is 11.5 Å². The molecule has 122 valence electrons. The van der Waals surface area contributed by atoms with Gasteiger partial charge in [-0.2, -0.15) is 8.42 Å². The van der Waals surface area contributed by atoms with Gasteiger partial charge in [-0.25, -0.2) is 18.0 Å². The third-order valence-corrected chi connectivity index (χ3v) is 5.23. The third-order valence-electron chi connectivity index (χ3n) is 2.63. The minimum Gasteiger partial charge on any atom is -0.478 e. The summed E-state index contributed by atoms with van der Waals surface area (Å²) in [5.74, 6) is -4.52. The molecule has 0 atom stereocenters. The topological polar surface area (TPSA) is 163 Å².